The molecule has 0 fully saturated rings. The van der Waals surface area contributed by atoms with E-state index in [1.54, 1.807) is 28.4 Å². The first kappa shape index (κ1) is 37.2. The number of aromatic nitrogens is 4. The normalized spacial score (nSPS) is 16.1. The van der Waals surface area contributed by atoms with Crippen LogP contribution in [0, 0.1) is 0 Å². The molecule has 1 aliphatic heterocycles. The van der Waals surface area contributed by atoms with E-state index in [1.807, 2.05) is 97.1 Å². The van der Waals surface area contributed by atoms with E-state index in [-0.39, 0.29) is 19.5 Å². The fraction of sp³-hybridized carbons (Fsp3) is 0.0833. The van der Waals surface area contributed by atoms with E-state index in [0.717, 1.165) is 112 Å². The minimum Gasteiger partial charge on any atom is -0.657 e. The van der Waals surface area contributed by atoms with Gasteiger partial charge in [0.1, 0.15) is 23.0 Å². The molecule has 1 aliphatic rings. The van der Waals surface area contributed by atoms with E-state index >= 15 is 0 Å². The number of ether oxygens (including phenoxy) is 4. The standard InChI is InChI=1S/C48H36N4O4.Zn/c1-53-33-13-5-29(6-14-33)45-37-21-23-39(49-37)46(30-7-15-34(54-2)16-8-30)41-25-27-43(51-41)48(32-11-19-36(56-4)20-12-32)44-28-26-42(52-44)47(40-24-22-38(45)50-40)31-9-17-35(55-3)18-10-31;/h5-28H,1-4H3;/q-4;/b45-37-,45-38?,46-39-,46-41?,47-40?,47-42-,48-43?,48-44-;. The summed E-state index contributed by atoms with van der Waals surface area (Å²) >= 11 is 0. The van der Waals surface area contributed by atoms with Crippen LogP contribution in [0.5, 0.6) is 23.0 Å². The number of hydrogen-bond donors (Lipinski definition) is 0. The molecule has 9 rings (SSSR count). The molecule has 0 unspecified atom stereocenters. The van der Waals surface area contributed by atoms with Crippen molar-refractivity contribution in [3.63, 3.8) is 0 Å². The molecule has 0 amide bonds. The molecular formula is C48H36N4O4Zn-4. The van der Waals surface area contributed by atoms with Gasteiger partial charge in [0.2, 0.25) is 0 Å². The zero-order chi connectivity index (χ0) is 38.2. The summed E-state index contributed by atoms with van der Waals surface area (Å²) in [5, 5.41) is 3.13. The largest absolute Gasteiger partial charge is 0.657 e. The minimum absolute atomic E-state index is 0. The van der Waals surface area contributed by atoms with Gasteiger partial charge in [-0.05, 0) is 93.1 Å². The van der Waals surface area contributed by atoms with Crippen molar-refractivity contribution in [2.45, 2.75) is 0 Å². The number of fused-ring (bicyclic) bond motifs is 8. The number of methoxy groups -OCH3 is 4. The smallest absolute Gasteiger partial charge is 0.118 e. The van der Waals surface area contributed by atoms with Gasteiger partial charge in [-0.1, -0.05) is 97.1 Å². The Kier molecular flexibility index (Phi) is 10.3. The summed E-state index contributed by atoms with van der Waals surface area (Å²) in [6, 6.07) is 48.5. The van der Waals surface area contributed by atoms with Crippen LogP contribution in [-0.2, 0) is 19.5 Å². The van der Waals surface area contributed by atoms with Crippen molar-refractivity contribution < 1.29 is 38.4 Å². The van der Waals surface area contributed by atoms with Crippen LogP contribution in [0.3, 0.4) is 0 Å². The summed E-state index contributed by atoms with van der Waals surface area (Å²) < 4.78 is 22.1. The molecule has 0 N–H and O–H groups in total. The van der Waals surface area contributed by atoms with Crippen LogP contribution in [0.1, 0.15) is 45.0 Å². The fourth-order valence-electron chi connectivity index (χ4n) is 7.30. The van der Waals surface area contributed by atoms with Gasteiger partial charge in [-0.2, -0.15) is 0 Å². The quantitative estimate of drug-likeness (QED) is 0.202. The van der Waals surface area contributed by atoms with Gasteiger partial charge in [-0.25, -0.2) is 0 Å². The predicted octanol–water partition coefficient (Wildman–Crippen LogP) is 4.85. The zero-order valence-corrected chi connectivity index (χ0v) is 35.0. The Balaban J connectivity index is 0.00000455. The van der Waals surface area contributed by atoms with Gasteiger partial charge < -0.3 is 38.9 Å². The Hall–Kier alpha value is -6.70. The summed E-state index contributed by atoms with van der Waals surface area (Å²) in [5.41, 5.74) is 10.5. The monoisotopic (exact) mass is 796 g/mol. The molecule has 0 radical (unpaired) electrons. The molecule has 9 heteroatoms. The molecule has 0 aliphatic carbocycles. The molecule has 8 nitrogen and oxygen atoms in total. The maximum Gasteiger partial charge on any atom is 0.118 e. The average Bonchev–Trinajstić information content (AvgIpc) is 4.10. The SMILES string of the molecule is COc1ccc(/C2=c3\cc/c([n-]3)=C(\c3ccc(OC)cc3)c3ccc([n-]3)/C(c3ccc(OC)cc3)=c3/cc/c([n-]3)=C(\c3ccc(OC)cc3)c3ccc2[n-]3)cc1.[Zn]. The first-order valence-corrected chi connectivity index (χ1v) is 18.2. The van der Waals surface area contributed by atoms with Crippen molar-refractivity contribution in [3.05, 3.63) is 212 Å². The third kappa shape index (κ3) is 7.03. The van der Waals surface area contributed by atoms with Crippen LogP contribution in [0.4, 0.5) is 0 Å². The number of benzene rings is 4. The van der Waals surface area contributed by atoms with E-state index in [0.29, 0.717) is 0 Å². The van der Waals surface area contributed by atoms with Gasteiger partial charge in [0.05, 0.1) is 28.4 Å². The van der Waals surface area contributed by atoms with Crippen LogP contribution in [0.15, 0.2) is 146 Å². The summed E-state index contributed by atoms with van der Waals surface area (Å²) in [4.78, 5) is 21.4. The van der Waals surface area contributed by atoms with Gasteiger partial charge in [0.25, 0.3) is 0 Å². The molecule has 8 aromatic rings. The number of nitrogens with zero attached hydrogens (tertiary/aromatic N) is 4. The van der Waals surface area contributed by atoms with Gasteiger partial charge in [-0.3, -0.25) is 0 Å². The fourth-order valence-corrected chi connectivity index (χ4v) is 7.30. The van der Waals surface area contributed by atoms with Crippen molar-refractivity contribution in [1.82, 2.24) is 19.9 Å². The van der Waals surface area contributed by atoms with Crippen LogP contribution in [-0.4, -0.2) is 28.4 Å². The van der Waals surface area contributed by atoms with E-state index in [1.165, 1.54) is 0 Å². The third-order valence-corrected chi connectivity index (χ3v) is 10.1. The van der Waals surface area contributed by atoms with Crippen LogP contribution < -0.4 is 60.3 Å². The van der Waals surface area contributed by atoms with Crippen molar-refractivity contribution in [1.29, 1.82) is 0 Å². The maximum atomic E-state index is 5.52. The topological polar surface area (TPSA) is 93.3 Å². The Morgan fingerprint density at radius 1 is 0.263 bits per heavy atom. The average molecular weight is 798 g/mol. The molecule has 278 valence electrons. The van der Waals surface area contributed by atoms with E-state index in [9.17, 15) is 0 Å². The minimum atomic E-state index is 0. The van der Waals surface area contributed by atoms with E-state index < -0.39 is 0 Å². The van der Waals surface area contributed by atoms with Gasteiger partial charge >= 0.3 is 0 Å². The summed E-state index contributed by atoms with van der Waals surface area (Å²) in [5.74, 6) is 3.06. The molecule has 0 atom stereocenters. The zero-order valence-electron chi connectivity index (χ0n) is 32.0. The molecule has 0 saturated heterocycles. The Morgan fingerprint density at radius 3 is 0.667 bits per heavy atom. The maximum absolute atomic E-state index is 5.52. The Morgan fingerprint density at radius 2 is 0.474 bits per heavy atom. The Bertz CT molecular complexity index is 2540. The molecule has 8 bridgehead atoms. The van der Waals surface area contributed by atoms with E-state index in [4.69, 9.17) is 38.9 Å². The number of rotatable bonds is 8. The third-order valence-electron chi connectivity index (χ3n) is 10.1. The van der Waals surface area contributed by atoms with Crippen molar-refractivity contribution >= 4 is 22.3 Å². The van der Waals surface area contributed by atoms with Crippen molar-refractivity contribution in [3.8, 4) is 23.0 Å². The second-order valence-corrected chi connectivity index (χ2v) is 13.3. The van der Waals surface area contributed by atoms with Gasteiger partial charge in [-0.15, -0.1) is 44.2 Å². The molecule has 0 saturated carbocycles. The van der Waals surface area contributed by atoms with Gasteiger partial charge in [0.15, 0.2) is 0 Å². The van der Waals surface area contributed by atoms with Crippen LogP contribution in [0.25, 0.3) is 22.3 Å². The molecule has 5 heterocycles. The summed E-state index contributed by atoms with van der Waals surface area (Å²) in [7, 11) is 6.67. The molecule has 57 heavy (non-hydrogen) atoms. The first-order chi connectivity index (χ1) is 27.5. The second kappa shape index (κ2) is 15.8. The molecular weight excluding hydrogens is 762 g/mol. The summed E-state index contributed by atoms with van der Waals surface area (Å²) in [6.45, 7) is 0. The van der Waals surface area contributed by atoms with Crippen molar-refractivity contribution in [2.24, 2.45) is 0 Å². The molecule has 0 spiro atoms. The first-order valence-electron chi connectivity index (χ1n) is 18.2. The Labute approximate surface area is 342 Å². The van der Waals surface area contributed by atoms with E-state index in [2.05, 4.69) is 48.5 Å². The van der Waals surface area contributed by atoms with Crippen molar-refractivity contribution in [2.75, 3.05) is 28.4 Å². The molecule has 4 aromatic heterocycles. The van der Waals surface area contributed by atoms with Gasteiger partial charge in [0, 0.05) is 19.5 Å². The second-order valence-electron chi connectivity index (χ2n) is 13.3. The molecule has 4 aromatic carbocycles. The number of hydrogen-bond acceptors (Lipinski definition) is 4. The van der Waals surface area contributed by atoms with Crippen LogP contribution in [0.2, 0.25) is 0 Å². The summed E-state index contributed by atoms with van der Waals surface area (Å²) in [6.07, 6.45) is 0. The van der Waals surface area contributed by atoms with Crippen LogP contribution >= 0.6 is 0 Å². The predicted molar refractivity (Wildman–Crippen MR) is 216 cm³/mol.